The third-order valence-electron chi connectivity index (χ3n) is 3.92. The number of benzene rings is 1. The van der Waals surface area contributed by atoms with E-state index in [0.717, 1.165) is 24.1 Å². The van der Waals surface area contributed by atoms with Crippen LogP contribution in [0.25, 0.3) is 10.8 Å². The Hall–Kier alpha value is -2.63. The Morgan fingerprint density at radius 3 is 3.00 bits per heavy atom. The van der Waals surface area contributed by atoms with Crippen molar-refractivity contribution in [3.05, 3.63) is 52.5 Å². The van der Waals surface area contributed by atoms with E-state index in [2.05, 4.69) is 10.1 Å². The molecule has 2 aromatic heterocycles. The normalized spacial score (nSPS) is 14.4. The number of fused-ring (bicyclic) bond motifs is 1. The molecule has 22 heavy (non-hydrogen) atoms. The molecule has 0 radical (unpaired) electrons. The molecule has 1 aliphatic carbocycles. The number of pyridine rings is 1. The number of ether oxygens (including phenoxy) is 1. The first-order valence-electron chi connectivity index (χ1n) is 7.24. The Kier molecular flexibility index (Phi) is 2.96. The van der Waals surface area contributed by atoms with Crippen LogP contribution in [0.2, 0.25) is 0 Å². The monoisotopic (exact) mass is 297 g/mol. The Morgan fingerprint density at radius 2 is 2.23 bits per heavy atom. The summed E-state index contributed by atoms with van der Waals surface area (Å²) in [4.78, 5) is 16.9. The first kappa shape index (κ1) is 13.1. The van der Waals surface area contributed by atoms with Crippen LogP contribution >= 0.6 is 0 Å². The average Bonchev–Trinajstić information content (AvgIpc) is 3.30. The smallest absolute Gasteiger partial charge is 0.259 e. The second-order valence-electron chi connectivity index (χ2n) is 5.52. The van der Waals surface area contributed by atoms with E-state index in [4.69, 9.17) is 9.26 Å². The van der Waals surface area contributed by atoms with Crippen LogP contribution in [0.4, 0.5) is 0 Å². The molecule has 6 heteroatoms. The molecular weight excluding hydrogens is 282 g/mol. The molecule has 6 nitrogen and oxygen atoms in total. The second-order valence-corrected chi connectivity index (χ2v) is 5.52. The van der Waals surface area contributed by atoms with Gasteiger partial charge in [0.15, 0.2) is 5.82 Å². The van der Waals surface area contributed by atoms with Crippen LogP contribution in [-0.2, 0) is 6.54 Å². The Labute approximate surface area is 126 Å². The zero-order chi connectivity index (χ0) is 15.1. The highest BCUT2D eigenvalue weighted by Gasteiger charge is 2.28. The molecule has 3 aromatic rings. The highest BCUT2D eigenvalue weighted by Crippen LogP contribution is 2.38. The van der Waals surface area contributed by atoms with Gasteiger partial charge in [-0.2, -0.15) is 4.98 Å². The van der Waals surface area contributed by atoms with Crippen LogP contribution < -0.4 is 10.3 Å². The van der Waals surface area contributed by atoms with Gasteiger partial charge >= 0.3 is 0 Å². The van der Waals surface area contributed by atoms with Crippen LogP contribution in [0.5, 0.6) is 5.75 Å². The summed E-state index contributed by atoms with van der Waals surface area (Å²) in [5.74, 6) is 2.32. The summed E-state index contributed by atoms with van der Waals surface area (Å²) in [6.45, 7) is 0.283. The first-order chi connectivity index (χ1) is 10.7. The largest absolute Gasteiger partial charge is 0.497 e. The Bertz CT molecular complexity index is 893. The molecule has 0 spiro atoms. The Balaban J connectivity index is 1.71. The molecule has 1 saturated carbocycles. The van der Waals surface area contributed by atoms with Gasteiger partial charge in [-0.25, -0.2) is 0 Å². The van der Waals surface area contributed by atoms with E-state index in [-0.39, 0.29) is 12.1 Å². The summed E-state index contributed by atoms with van der Waals surface area (Å²) in [5, 5.41) is 5.47. The highest BCUT2D eigenvalue weighted by molar-refractivity contribution is 5.82. The lowest BCUT2D eigenvalue weighted by molar-refractivity contribution is 0.365. The summed E-state index contributed by atoms with van der Waals surface area (Å²) < 4.78 is 12.0. The molecule has 0 aliphatic heterocycles. The molecule has 112 valence electrons. The van der Waals surface area contributed by atoms with Gasteiger partial charge in [0.05, 0.1) is 12.5 Å². The summed E-state index contributed by atoms with van der Waals surface area (Å²) in [7, 11) is 1.58. The Morgan fingerprint density at radius 1 is 1.36 bits per heavy atom. The predicted octanol–water partition coefficient (Wildman–Crippen LogP) is 2.32. The molecule has 2 heterocycles. The van der Waals surface area contributed by atoms with Crippen molar-refractivity contribution in [3.8, 4) is 5.75 Å². The first-order valence-corrected chi connectivity index (χ1v) is 7.24. The third kappa shape index (κ3) is 2.26. The maximum atomic E-state index is 12.6. The van der Waals surface area contributed by atoms with Crippen molar-refractivity contribution in [1.82, 2.24) is 14.7 Å². The third-order valence-corrected chi connectivity index (χ3v) is 3.92. The van der Waals surface area contributed by atoms with Crippen molar-refractivity contribution in [3.63, 3.8) is 0 Å². The second kappa shape index (κ2) is 4.98. The fourth-order valence-corrected chi connectivity index (χ4v) is 2.50. The molecule has 0 atom stereocenters. The van der Waals surface area contributed by atoms with Gasteiger partial charge in [-0.05, 0) is 36.4 Å². The number of rotatable bonds is 4. The molecule has 0 bridgehead atoms. The molecule has 0 saturated heterocycles. The minimum absolute atomic E-state index is 0.0948. The summed E-state index contributed by atoms with van der Waals surface area (Å²) >= 11 is 0. The van der Waals surface area contributed by atoms with Gasteiger partial charge in [0.2, 0.25) is 5.89 Å². The number of methoxy groups -OCH3 is 1. The van der Waals surface area contributed by atoms with E-state index in [9.17, 15) is 4.79 Å². The fraction of sp³-hybridized carbons (Fsp3) is 0.312. The van der Waals surface area contributed by atoms with Gasteiger partial charge in [-0.3, -0.25) is 4.79 Å². The zero-order valence-electron chi connectivity index (χ0n) is 12.2. The molecule has 1 fully saturated rings. The lowest BCUT2D eigenvalue weighted by atomic mass is 10.1. The van der Waals surface area contributed by atoms with Crippen LogP contribution in [0.3, 0.4) is 0 Å². The summed E-state index contributed by atoms with van der Waals surface area (Å²) in [6.07, 6.45) is 3.99. The van der Waals surface area contributed by atoms with E-state index < -0.39 is 0 Å². The van der Waals surface area contributed by atoms with Gasteiger partial charge in [0, 0.05) is 12.1 Å². The van der Waals surface area contributed by atoms with Crippen molar-refractivity contribution < 1.29 is 9.26 Å². The number of hydrogen-bond donors (Lipinski definition) is 0. The number of aromatic nitrogens is 3. The molecule has 0 unspecified atom stereocenters. The van der Waals surface area contributed by atoms with Gasteiger partial charge in [0.25, 0.3) is 5.56 Å². The lowest BCUT2D eigenvalue weighted by Gasteiger charge is -2.06. The molecule has 0 N–H and O–H groups in total. The lowest BCUT2D eigenvalue weighted by Crippen LogP contribution is -2.20. The zero-order valence-corrected chi connectivity index (χ0v) is 12.2. The minimum atomic E-state index is -0.0948. The quantitative estimate of drug-likeness (QED) is 0.739. The maximum absolute atomic E-state index is 12.6. The molecule has 1 aliphatic rings. The topological polar surface area (TPSA) is 70.2 Å². The van der Waals surface area contributed by atoms with E-state index >= 15 is 0 Å². The van der Waals surface area contributed by atoms with Crippen molar-refractivity contribution in [2.75, 3.05) is 7.11 Å². The van der Waals surface area contributed by atoms with E-state index in [0.29, 0.717) is 22.9 Å². The van der Waals surface area contributed by atoms with Crippen LogP contribution in [-0.4, -0.2) is 21.8 Å². The molecule has 4 rings (SSSR count). The van der Waals surface area contributed by atoms with E-state index in [1.54, 1.807) is 23.9 Å². The van der Waals surface area contributed by atoms with Crippen molar-refractivity contribution in [2.24, 2.45) is 0 Å². The van der Waals surface area contributed by atoms with Crippen LogP contribution in [0.1, 0.15) is 30.5 Å². The van der Waals surface area contributed by atoms with Gasteiger partial charge in [-0.15, -0.1) is 0 Å². The van der Waals surface area contributed by atoms with Crippen molar-refractivity contribution in [1.29, 1.82) is 0 Å². The van der Waals surface area contributed by atoms with Crippen molar-refractivity contribution >= 4 is 10.8 Å². The number of hydrogen-bond acceptors (Lipinski definition) is 5. The molecular formula is C16H15N3O3. The maximum Gasteiger partial charge on any atom is 0.259 e. The highest BCUT2D eigenvalue weighted by atomic mass is 16.5. The summed E-state index contributed by atoms with van der Waals surface area (Å²) in [5.41, 5.74) is -0.0948. The standard InChI is InChI=1S/C16H15N3O3/c1-21-12-5-4-10-6-7-19(16(20)13(10)8-12)9-14-17-15(18-22-14)11-2-3-11/h4-8,11H,2-3,9H2,1H3. The molecule has 0 amide bonds. The van der Waals surface area contributed by atoms with E-state index in [1.807, 2.05) is 18.2 Å². The summed E-state index contributed by atoms with van der Waals surface area (Å²) in [6, 6.07) is 7.36. The minimum Gasteiger partial charge on any atom is -0.497 e. The number of nitrogens with zero attached hydrogens (tertiary/aromatic N) is 3. The average molecular weight is 297 g/mol. The van der Waals surface area contributed by atoms with Gasteiger partial charge < -0.3 is 13.8 Å². The predicted molar refractivity (Wildman–Crippen MR) is 80.1 cm³/mol. The van der Waals surface area contributed by atoms with Crippen LogP contribution in [0.15, 0.2) is 39.8 Å². The molecule has 1 aromatic carbocycles. The van der Waals surface area contributed by atoms with E-state index in [1.165, 1.54) is 0 Å². The fourth-order valence-electron chi connectivity index (χ4n) is 2.50. The SMILES string of the molecule is COc1ccc2ccn(Cc3nc(C4CC4)no3)c(=O)c2c1. The van der Waals surface area contributed by atoms with Crippen molar-refractivity contribution in [2.45, 2.75) is 25.3 Å². The van der Waals surface area contributed by atoms with Crippen LogP contribution in [0, 0.1) is 0 Å². The van der Waals surface area contributed by atoms with Gasteiger partial charge in [-0.1, -0.05) is 11.2 Å². The van der Waals surface area contributed by atoms with Gasteiger partial charge in [0.1, 0.15) is 12.3 Å².